The van der Waals surface area contributed by atoms with Gasteiger partial charge in [-0.3, -0.25) is 0 Å². The summed E-state index contributed by atoms with van der Waals surface area (Å²) in [6.45, 7) is 6.06. The van der Waals surface area contributed by atoms with Crippen LogP contribution in [0, 0.1) is 20.8 Å². The zero-order valence-corrected chi connectivity index (χ0v) is 13.1. The molecular formula is C16H15BrO3. The summed E-state index contributed by atoms with van der Waals surface area (Å²) in [7, 11) is 0. The van der Waals surface area contributed by atoms with E-state index in [2.05, 4.69) is 22.0 Å². The second kappa shape index (κ2) is 5.67. The van der Waals surface area contributed by atoms with Gasteiger partial charge in [0, 0.05) is 0 Å². The number of carboxylic acids is 1. The number of carboxylic acid groups (broad SMARTS) is 1. The topological polar surface area (TPSA) is 46.5 Å². The molecule has 0 saturated heterocycles. The van der Waals surface area contributed by atoms with Gasteiger partial charge in [-0.05, 0) is 77.7 Å². The van der Waals surface area contributed by atoms with Gasteiger partial charge in [-0.1, -0.05) is 6.07 Å². The average Bonchev–Trinajstić information content (AvgIpc) is 2.37. The van der Waals surface area contributed by atoms with Crippen molar-refractivity contribution < 1.29 is 14.6 Å². The number of carbonyl (C=O) groups is 1. The molecule has 0 atom stereocenters. The summed E-state index contributed by atoms with van der Waals surface area (Å²) in [5, 5.41) is 8.95. The van der Waals surface area contributed by atoms with Gasteiger partial charge in [0.05, 0.1) is 10.0 Å². The van der Waals surface area contributed by atoms with E-state index in [4.69, 9.17) is 9.84 Å². The van der Waals surface area contributed by atoms with Crippen molar-refractivity contribution in [1.82, 2.24) is 0 Å². The molecule has 0 radical (unpaired) electrons. The van der Waals surface area contributed by atoms with Crippen LogP contribution in [-0.4, -0.2) is 11.1 Å². The Hall–Kier alpha value is -1.81. The Labute approximate surface area is 126 Å². The molecule has 0 unspecified atom stereocenters. The molecule has 0 amide bonds. The fourth-order valence-electron chi connectivity index (χ4n) is 1.94. The SMILES string of the molecule is Cc1cc(C)c(C)c(Oc2ccc(C(=O)O)cc2Br)c1. The van der Waals surface area contributed by atoms with E-state index >= 15 is 0 Å². The second-order valence-corrected chi connectivity index (χ2v) is 5.61. The highest BCUT2D eigenvalue weighted by atomic mass is 79.9. The molecule has 2 aromatic rings. The number of halogens is 1. The molecule has 0 heterocycles. The Morgan fingerprint density at radius 1 is 1.10 bits per heavy atom. The van der Waals surface area contributed by atoms with Gasteiger partial charge in [0.15, 0.2) is 0 Å². The Balaban J connectivity index is 2.38. The van der Waals surface area contributed by atoms with Crippen LogP contribution in [0.2, 0.25) is 0 Å². The van der Waals surface area contributed by atoms with E-state index in [0.29, 0.717) is 10.2 Å². The molecule has 0 bridgehead atoms. The number of rotatable bonds is 3. The summed E-state index contributed by atoms with van der Waals surface area (Å²) in [6.07, 6.45) is 0. The van der Waals surface area contributed by atoms with Gasteiger partial charge in [-0.2, -0.15) is 0 Å². The van der Waals surface area contributed by atoms with Gasteiger partial charge in [0.25, 0.3) is 0 Å². The van der Waals surface area contributed by atoms with Crippen LogP contribution in [0.1, 0.15) is 27.0 Å². The van der Waals surface area contributed by atoms with E-state index < -0.39 is 5.97 Å². The number of aromatic carboxylic acids is 1. The number of hydrogen-bond acceptors (Lipinski definition) is 2. The lowest BCUT2D eigenvalue weighted by Gasteiger charge is -2.13. The Morgan fingerprint density at radius 2 is 1.80 bits per heavy atom. The lowest BCUT2D eigenvalue weighted by molar-refractivity contribution is 0.0697. The summed E-state index contributed by atoms with van der Waals surface area (Å²) in [4.78, 5) is 10.9. The highest BCUT2D eigenvalue weighted by Crippen LogP contribution is 2.33. The van der Waals surface area contributed by atoms with Crippen LogP contribution in [0.3, 0.4) is 0 Å². The minimum absolute atomic E-state index is 0.223. The molecular weight excluding hydrogens is 320 g/mol. The first kappa shape index (κ1) is 14.6. The van der Waals surface area contributed by atoms with E-state index in [1.807, 2.05) is 26.8 Å². The summed E-state index contributed by atoms with van der Waals surface area (Å²) >= 11 is 3.35. The Morgan fingerprint density at radius 3 is 2.40 bits per heavy atom. The van der Waals surface area contributed by atoms with Gasteiger partial charge in [0.1, 0.15) is 11.5 Å². The molecule has 0 saturated carbocycles. The second-order valence-electron chi connectivity index (χ2n) is 4.76. The molecule has 1 N–H and O–H groups in total. The summed E-state index contributed by atoms with van der Waals surface area (Å²) < 4.78 is 6.52. The zero-order valence-electron chi connectivity index (χ0n) is 11.5. The summed E-state index contributed by atoms with van der Waals surface area (Å²) in [5.41, 5.74) is 3.59. The third-order valence-corrected chi connectivity index (χ3v) is 3.78. The van der Waals surface area contributed by atoms with Crippen LogP contribution >= 0.6 is 15.9 Å². The third-order valence-electron chi connectivity index (χ3n) is 3.16. The molecule has 0 aliphatic heterocycles. The van der Waals surface area contributed by atoms with Crippen molar-refractivity contribution in [3.63, 3.8) is 0 Å². The third kappa shape index (κ3) is 3.02. The van der Waals surface area contributed by atoms with Crippen molar-refractivity contribution >= 4 is 21.9 Å². The monoisotopic (exact) mass is 334 g/mol. The largest absolute Gasteiger partial charge is 0.478 e. The van der Waals surface area contributed by atoms with Crippen LogP contribution in [0.15, 0.2) is 34.8 Å². The quantitative estimate of drug-likeness (QED) is 0.871. The number of aryl methyl sites for hydroxylation is 2. The van der Waals surface area contributed by atoms with Crippen LogP contribution in [0.25, 0.3) is 0 Å². The van der Waals surface area contributed by atoms with Crippen LogP contribution in [0.4, 0.5) is 0 Å². The molecule has 2 rings (SSSR count). The van der Waals surface area contributed by atoms with E-state index in [1.165, 1.54) is 17.7 Å². The van der Waals surface area contributed by atoms with E-state index in [9.17, 15) is 4.79 Å². The first-order valence-electron chi connectivity index (χ1n) is 6.17. The normalized spacial score (nSPS) is 10.4. The Bertz CT molecular complexity index is 678. The van der Waals surface area contributed by atoms with Crippen molar-refractivity contribution in [1.29, 1.82) is 0 Å². The number of hydrogen-bond donors (Lipinski definition) is 1. The maximum atomic E-state index is 10.9. The highest BCUT2D eigenvalue weighted by molar-refractivity contribution is 9.10. The van der Waals surface area contributed by atoms with E-state index in [1.54, 1.807) is 6.07 Å². The molecule has 2 aromatic carbocycles. The van der Waals surface area contributed by atoms with Gasteiger partial charge in [-0.15, -0.1) is 0 Å². The fourth-order valence-corrected chi connectivity index (χ4v) is 2.40. The van der Waals surface area contributed by atoms with Gasteiger partial charge >= 0.3 is 5.97 Å². The first-order chi connectivity index (χ1) is 9.38. The predicted octanol–water partition coefficient (Wildman–Crippen LogP) is 4.86. The van der Waals surface area contributed by atoms with Crippen LogP contribution in [-0.2, 0) is 0 Å². The number of ether oxygens (including phenoxy) is 1. The number of benzene rings is 2. The van der Waals surface area contributed by atoms with Crippen molar-refractivity contribution in [2.75, 3.05) is 0 Å². The fraction of sp³-hybridized carbons (Fsp3) is 0.188. The van der Waals surface area contributed by atoms with E-state index in [-0.39, 0.29) is 5.56 Å². The zero-order chi connectivity index (χ0) is 14.9. The van der Waals surface area contributed by atoms with Crippen molar-refractivity contribution in [3.05, 3.63) is 57.1 Å². The summed E-state index contributed by atoms with van der Waals surface area (Å²) in [5.74, 6) is 0.425. The van der Waals surface area contributed by atoms with Crippen LogP contribution in [0.5, 0.6) is 11.5 Å². The van der Waals surface area contributed by atoms with Gasteiger partial charge < -0.3 is 9.84 Å². The molecule has 0 aliphatic rings. The predicted molar refractivity (Wildman–Crippen MR) is 81.8 cm³/mol. The standard InChI is InChI=1S/C16H15BrO3/c1-9-6-10(2)11(3)15(7-9)20-14-5-4-12(16(18)19)8-13(14)17/h4-8H,1-3H3,(H,18,19). The van der Waals surface area contributed by atoms with E-state index in [0.717, 1.165) is 16.9 Å². The molecule has 3 nitrogen and oxygen atoms in total. The Kier molecular flexibility index (Phi) is 4.14. The first-order valence-corrected chi connectivity index (χ1v) is 6.96. The maximum absolute atomic E-state index is 10.9. The summed E-state index contributed by atoms with van der Waals surface area (Å²) in [6, 6.07) is 8.80. The smallest absolute Gasteiger partial charge is 0.335 e. The van der Waals surface area contributed by atoms with Crippen molar-refractivity contribution in [3.8, 4) is 11.5 Å². The van der Waals surface area contributed by atoms with Crippen LogP contribution < -0.4 is 4.74 Å². The lowest BCUT2D eigenvalue weighted by Crippen LogP contribution is -1.97. The maximum Gasteiger partial charge on any atom is 0.335 e. The molecule has 0 aromatic heterocycles. The molecule has 0 fully saturated rings. The molecule has 104 valence electrons. The van der Waals surface area contributed by atoms with Crippen molar-refractivity contribution in [2.45, 2.75) is 20.8 Å². The minimum Gasteiger partial charge on any atom is -0.478 e. The van der Waals surface area contributed by atoms with Crippen molar-refractivity contribution in [2.24, 2.45) is 0 Å². The molecule has 0 aliphatic carbocycles. The molecule has 0 spiro atoms. The van der Waals surface area contributed by atoms with Gasteiger partial charge in [-0.25, -0.2) is 4.79 Å². The van der Waals surface area contributed by atoms with Gasteiger partial charge in [0.2, 0.25) is 0 Å². The minimum atomic E-state index is -0.958. The average molecular weight is 335 g/mol. The lowest BCUT2D eigenvalue weighted by atomic mass is 10.1. The molecule has 4 heteroatoms. The molecule has 20 heavy (non-hydrogen) atoms. The highest BCUT2D eigenvalue weighted by Gasteiger charge is 2.10.